The fourth-order valence-corrected chi connectivity index (χ4v) is 2.93. The van der Waals surface area contributed by atoms with E-state index in [1.165, 1.54) is 50.1 Å². The lowest BCUT2D eigenvalue weighted by Gasteiger charge is -2.08. The number of aromatic nitrogens is 2. The van der Waals surface area contributed by atoms with Crippen molar-refractivity contribution in [1.82, 2.24) is 15.1 Å². The molecule has 0 unspecified atom stereocenters. The van der Waals surface area contributed by atoms with Crippen molar-refractivity contribution in [3.8, 4) is 0 Å². The van der Waals surface area contributed by atoms with Crippen molar-refractivity contribution < 1.29 is 9.59 Å². The predicted molar refractivity (Wildman–Crippen MR) is 100 cm³/mol. The molecule has 1 aliphatic carbocycles. The molecule has 1 saturated carbocycles. The van der Waals surface area contributed by atoms with Crippen LogP contribution in [0.1, 0.15) is 94.5 Å². The van der Waals surface area contributed by atoms with Gasteiger partial charge < -0.3 is 5.32 Å². The van der Waals surface area contributed by atoms with E-state index in [-0.39, 0.29) is 11.9 Å². The van der Waals surface area contributed by atoms with Crippen molar-refractivity contribution in [2.24, 2.45) is 0 Å². The maximum atomic E-state index is 12.0. The van der Waals surface area contributed by atoms with Gasteiger partial charge in [-0.2, -0.15) is 9.78 Å². The largest absolute Gasteiger partial charge is 0.338 e. The van der Waals surface area contributed by atoms with Gasteiger partial charge in [-0.3, -0.25) is 10.1 Å². The van der Waals surface area contributed by atoms with Crippen LogP contribution in [0.2, 0.25) is 0 Å². The number of nitrogens with zero attached hydrogens (tertiary/aromatic N) is 2. The third-order valence-electron chi connectivity index (χ3n) is 4.58. The van der Waals surface area contributed by atoms with Crippen molar-refractivity contribution >= 4 is 17.8 Å². The first kappa shape index (κ1) is 19.5. The van der Waals surface area contributed by atoms with Crippen molar-refractivity contribution in [3.05, 3.63) is 11.8 Å². The summed E-state index contributed by atoms with van der Waals surface area (Å²) >= 11 is 0. The Morgan fingerprint density at radius 1 is 1.12 bits per heavy atom. The minimum absolute atomic E-state index is 0.190. The molecule has 0 saturated heterocycles. The lowest BCUT2D eigenvalue weighted by molar-refractivity contribution is 0.0923. The number of amides is 2. The average molecular weight is 348 g/mol. The summed E-state index contributed by atoms with van der Waals surface area (Å²) in [6.07, 6.45) is 12.1. The Hall–Kier alpha value is -1.85. The van der Waals surface area contributed by atoms with Crippen LogP contribution in [0, 0.1) is 0 Å². The number of rotatable bonds is 11. The smallest absolute Gasteiger partial charge is 0.320 e. The quantitative estimate of drug-likeness (QED) is 0.570. The Balaban J connectivity index is 1.63. The number of nitrogens with one attached hydrogen (secondary N) is 2. The highest BCUT2D eigenvalue weighted by Crippen LogP contribution is 2.40. The second kappa shape index (κ2) is 10.2. The number of carbonyl (C=O) groups is 2. The summed E-state index contributed by atoms with van der Waals surface area (Å²) in [5.74, 6) is 0.717. The molecule has 25 heavy (non-hydrogen) atoms. The van der Waals surface area contributed by atoms with Crippen molar-refractivity contribution in [1.29, 1.82) is 0 Å². The molecule has 140 valence electrons. The fraction of sp³-hybridized carbons (Fsp3) is 0.737. The van der Waals surface area contributed by atoms with Crippen molar-refractivity contribution in [3.63, 3.8) is 0 Å². The number of carbonyl (C=O) groups excluding carboxylic acids is 2. The summed E-state index contributed by atoms with van der Waals surface area (Å²) < 4.78 is 1.28. The van der Waals surface area contributed by atoms with E-state index in [1.54, 1.807) is 0 Å². The van der Waals surface area contributed by atoms with Gasteiger partial charge in [-0.15, -0.1) is 0 Å². The van der Waals surface area contributed by atoms with Gasteiger partial charge >= 0.3 is 6.03 Å². The number of hydrogen-bond acceptors (Lipinski definition) is 3. The van der Waals surface area contributed by atoms with E-state index in [0.29, 0.717) is 18.3 Å². The van der Waals surface area contributed by atoms with Gasteiger partial charge in [0, 0.05) is 25.5 Å². The zero-order valence-electron chi connectivity index (χ0n) is 15.6. The molecule has 2 amide bonds. The molecule has 2 rings (SSSR count). The summed E-state index contributed by atoms with van der Waals surface area (Å²) in [6.45, 7) is 4.34. The van der Waals surface area contributed by atoms with Gasteiger partial charge in [-0.05, 0) is 19.3 Å². The van der Waals surface area contributed by atoms with Crippen LogP contribution < -0.4 is 10.6 Å². The molecule has 1 heterocycles. The molecule has 0 aliphatic heterocycles. The topological polar surface area (TPSA) is 76.0 Å². The lowest BCUT2D eigenvalue weighted by Crippen LogP contribution is -2.31. The summed E-state index contributed by atoms with van der Waals surface area (Å²) in [5.41, 5.74) is 0.897. The zero-order chi connectivity index (χ0) is 18.1. The van der Waals surface area contributed by atoms with E-state index in [9.17, 15) is 9.59 Å². The molecule has 0 atom stereocenters. The molecule has 1 aromatic heterocycles. The minimum Gasteiger partial charge on any atom is -0.338 e. The Morgan fingerprint density at radius 3 is 2.36 bits per heavy atom. The number of anilines is 1. The monoisotopic (exact) mass is 348 g/mol. The van der Waals surface area contributed by atoms with Gasteiger partial charge in [0.15, 0.2) is 0 Å². The zero-order valence-corrected chi connectivity index (χ0v) is 15.6. The van der Waals surface area contributed by atoms with Crippen molar-refractivity contribution in [2.45, 2.75) is 84.0 Å². The average Bonchev–Trinajstić information content (AvgIpc) is 3.34. The molecule has 0 radical (unpaired) electrons. The van der Waals surface area contributed by atoms with Crippen molar-refractivity contribution in [2.75, 3.05) is 11.9 Å². The number of urea groups is 1. The van der Waals surface area contributed by atoms with E-state index in [0.717, 1.165) is 31.4 Å². The molecule has 2 N–H and O–H groups in total. The van der Waals surface area contributed by atoms with Crippen LogP contribution in [0.4, 0.5) is 10.6 Å². The third-order valence-corrected chi connectivity index (χ3v) is 4.58. The normalized spacial score (nSPS) is 13.7. The molecule has 1 fully saturated rings. The molecular formula is C19H32N4O2. The van der Waals surface area contributed by atoms with Gasteiger partial charge in [0.2, 0.25) is 5.91 Å². The van der Waals surface area contributed by atoms with Gasteiger partial charge in [-0.25, -0.2) is 4.79 Å². The van der Waals surface area contributed by atoms with Crippen LogP contribution in [-0.2, 0) is 0 Å². The first-order valence-electron chi connectivity index (χ1n) is 9.77. The van der Waals surface area contributed by atoms with E-state index in [4.69, 9.17) is 0 Å². The highest BCUT2D eigenvalue weighted by atomic mass is 16.2. The van der Waals surface area contributed by atoms with Crippen LogP contribution in [-0.4, -0.2) is 28.3 Å². The number of hydrogen-bond donors (Lipinski definition) is 2. The van der Waals surface area contributed by atoms with E-state index in [1.807, 2.05) is 6.07 Å². The Labute approximate surface area is 150 Å². The number of unbranched alkanes of at least 4 members (excludes halogenated alkanes) is 7. The second-order valence-electron chi connectivity index (χ2n) is 7.02. The molecule has 6 nitrogen and oxygen atoms in total. The summed E-state index contributed by atoms with van der Waals surface area (Å²) in [4.78, 5) is 23.7. The fourth-order valence-electron chi connectivity index (χ4n) is 2.93. The third kappa shape index (κ3) is 6.88. The first-order chi connectivity index (χ1) is 12.1. The van der Waals surface area contributed by atoms with Crippen LogP contribution >= 0.6 is 0 Å². The Morgan fingerprint density at radius 2 is 1.76 bits per heavy atom. The van der Waals surface area contributed by atoms with E-state index in [2.05, 4.69) is 22.7 Å². The van der Waals surface area contributed by atoms with Gasteiger partial charge in [0.25, 0.3) is 0 Å². The Bertz CT molecular complexity index is 564. The summed E-state index contributed by atoms with van der Waals surface area (Å²) in [7, 11) is 0. The standard InChI is InChI=1S/C19H32N4O2/c1-3-4-5-6-7-8-9-10-13-20-19(25)21-18-14-17(16-11-12-16)22-23(18)15(2)24/h14,16H,3-13H2,1-2H3,(H2,20,21,25). The van der Waals surface area contributed by atoms with E-state index < -0.39 is 0 Å². The summed E-state index contributed by atoms with van der Waals surface area (Å²) in [5, 5.41) is 9.91. The molecule has 0 aromatic carbocycles. The molecule has 6 heteroatoms. The van der Waals surface area contributed by atoms with Gasteiger partial charge in [0.1, 0.15) is 5.82 Å². The highest BCUT2D eigenvalue weighted by molar-refractivity contribution is 5.91. The van der Waals surface area contributed by atoms with Crippen LogP contribution in [0.5, 0.6) is 0 Å². The van der Waals surface area contributed by atoms with Gasteiger partial charge in [-0.1, -0.05) is 51.9 Å². The SMILES string of the molecule is CCCCCCCCCCNC(=O)Nc1cc(C2CC2)nn1C(C)=O. The molecular weight excluding hydrogens is 316 g/mol. The highest BCUT2D eigenvalue weighted by Gasteiger charge is 2.28. The minimum atomic E-state index is -0.271. The maximum Gasteiger partial charge on any atom is 0.320 e. The lowest BCUT2D eigenvalue weighted by atomic mass is 10.1. The van der Waals surface area contributed by atoms with E-state index >= 15 is 0 Å². The Kier molecular flexibility index (Phi) is 7.95. The van der Waals surface area contributed by atoms with Gasteiger partial charge in [0.05, 0.1) is 5.69 Å². The maximum absolute atomic E-state index is 12.0. The molecule has 1 aromatic rings. The predicted octanol–water partition coefficient (Wildman–Crippen LogP) is 4.68. The van der Waals surface area contributed by atoms with Crippen LogP contribution in [0.3, 0.4) is 0 Å². The second-order valence-corrected chi connectivity index (χ2v) is 7.02. The molecule has 0 spiro atoms. The first-order valence-corrected chi connectivity index (χ1v) is 9.77. The van der Waals surface area contributed by atoms with Crippen LogP contribution in [0.15, 0.2) is 6.07 Å². The van der Waals surface area contributed by atoms with Crippen LogP contribution in [0.25, 0.3) is 0 Å². The summed E-state index contributed by atoms with van der Waals surface area (Å²) in [6, 6.07) is 1.54. The molecule has 1 aliphatic rings. The molecule has 0 bridgehead atoms.